The lowest BCUT2D eigenvalue weighted by Gasteiger charge is -2.04. The van der Waals surface area contributed by atoms with E-state index < -0.39 is 34.6 Å². The van der Waals surface area contributed by atoms with Gasteiger partial charge in [-0.1, -0.05) is 11.6 Å². The fourth-order valence-electron chi connectivity index (χ4n) is 1.34. The molecule has 88 valence electrons. The SMILES string of the molecule is O=C(O)c1cc(Cl)c2cc(F)c(F)c(F)c2n1. The number of carbonyl (C=O) groups is 1. The Morgan fingerprint density at radius 3 is 2.47 bits per heavy atom. The molecule has 0 radical (unpaired) electrons. The maximum atomic E-state index is 13.4. The minimum atomic E-state index is -1.72. The molecule has 0 spiro atoms. The molecule has 3 nitrogen and oxygen atoms in total. The lowest BCUT2D eigenvalue weighted by atomic mass is 10.1. The second-order valence-corrected chi connectivity index (χ2v) is 3.58. The highest BCUT2D eigenvalue weighted by atomic mass is 35.5. The van der Waals surface area contributed by atoms with Crippen LogP contribution >= 0.6 is 11.6 Å². The number of rotatable bonds is 1. The molecule has 0 bridgehead atoms. The summed E-state index contributed by atoms with van der Waals surface area (Å²) in [6.07, 6.45) is 0. The molecule has 0 saturated heterocycles. The minimum Gasteiger partial charge on any atom is -0.477 e. The third kappa shape index (κ3) is 1.80. The van der Waals surface area contributed by atoms with E-state index in [0.717, 1.165) is 6.07 Å². The molecule has 0 amide bonds. The number of aromatic nitrogens is 1. The summed E-state index contributed by atoms with van der Waals surface area (Å²) in [5, 5.41) is 8.27. The Bertz CT molecular complexity index is 645. The lowest BCUT2D eigenvalue weighted by Crippen LogP contribution is -2.03. The molecular weight excluding hydrogens is 259 g/mol. The predicted molar refractivity (Wildman–Crippen MR) is 53.6 cm³/mol. The van der Waals surface area contributed by atoms with Gasteiger partial charge in [0.15, 0.2) is 23.1 Å². The number of halogens is 4. The average molecular weight is 262 g/mol. The Morgan fingerprint density at radius 2 is 1.88 bits per heavy atom. The topological polar surface area (TPSA) is 50.2 Å². The molecule has 1 heterocycles. The van der Waals surface area contributed by atoms with Crippen LogP contribution < -0.4 is 0 Å². The smallest absolute Gasteiger partial charge is 0.354 e. The van der Waals surface area contributed by atoms with Gasteiger partial charge < -0.3 is 5.11 Å². The van der Waals surface area contributed by atoms with Crippen molar-refractivity contribution in [1.82, 2.24) is 4.98 Å². The van der Waals surface area contributed by atoms with Gasteiger partial charge in [0.05, 0.1) is 5.02 Å². The van der Waals surface area contributed by atoms with Gasteiger partial charge in [-0.25, -0.2) is 22.9 Å². The molecule has 1 N–H and O–H groups in total. The Kier molecular flexibility index (Phi) is 2.66. The van der Waals surface area contributed by atoms with Crippen molar-refractivity contribution in [2.75, 3.05) is 0 Å². The summed E-state index contributed by atoms with van der Waals surface area (Å²) in [6.45, 7) is 0. The van der Waals surface area contributed by atoms with Gasteiger partial charge in [0.1, 0.15) is 5.52 Å². The van der Waals surface area contributed by atoms with Crippen LogP contribution in [0, 0.1) is 17.5 Å². The van der Waals surface area contributed by atoms with E-state index in [-0.39, 0.29) is 10.4 Å². The second-order valence-electron chi connectivity index (χ2n) is 3.18. The molecule has 0 aliphatic heterocycles. The van der Waals surface area contributed by atoms with E-state index in [1.165, 1.54) is 0 Å². The van der Waals surface area contributed by atoms with Crippen molar-refractivity contribution in [2.45, 2.75) is 0 Å². The first-order valence-electron chi connectivity index (χ1n) is 4.29. The highest BCUT2D eigenvalue weighted by Crippen LogP contribution is 2.28. The number of benzene rings is 1. The zero-order valence-corrected chi connectivity index (χ0v) is 8.73. The molecule has 17 heavy (non-hydrogen) atoms. The standard InChI is InChI=1S/C10H3ClF3NO2/c11-4-2-6(10(16)17)15-9-3(4)1-5(12)7(13)8(9)14/h1-2H,(H,16,17). The van der Waals surface area contributed by atoms with Crippen molar-refractivity contribution in [1.29, 1.82) is 0 Å². The number of carboxylic acids is 1. The molecule has 7 heteroatoms. The van der Waals surface area contributed by atoms with E-state index >= 15 is 0 Å². The van der Waals surface area contributed by atoms with Gasteiger partial charge in [0.2, 0.25) is 0 Å². The first-order chi connectivity index (χ1) is 7.91. The molecule has 0 atom stereocenters. The van der Waals surface area contributed by atoms with Crippen molar-refractivity contribution in [3.63, 3.8) is 0 Å². The maximum absolute atomic E-state index is 13.4. The molecule has 2 rings (SSSR count). The summed E-state index contributed by atoms with van der Waals surface area (Å²) in [5.74, 6) is -6.15. The second kappa shape index (κ2) is 3.89. The number of pyridine rings is 1. The Balaban J connectivity index is 2.92. The predicted octanol–water partition coefficient (Wildman–Crippen LogP) is 3.00. The van der Waals surface area contributed by atoms with Crippen molar-refractivity contribution in [2.24, 2.45) is 0 Å². The molecule has 0 fully saturated rings. The van der Waals surface area contributed by atoms with E-state index in [9.17, 15) is 18.0 Å². The van der Waals surface area contributed by atoms with Gasteiger partial charge in [-0.2, -0.15) is 0 Å². The normalized spacial score (nSPS) is 10.8. The van der Waals surface area contributed by atoms with Crippen molar-refractivity contribution in [3.8, 4) is 0 Å². The first kappa shape index (κ1) is 11.7. The zero-order valence-electron chi connectivity index (χ0n) is 7.97. The van der Waals surface area contributed by atoms with Crippen molar-refractivity contribution < 1.29 is 23.1 Å². The maximum Gasteiger partial charge on any atom is 0.354 e. The van der Waals surface area contributed by atoms with Crippen LogP contribution in [0.15, 0.2) is 12.1 Å². The summed E-state index contributed by atoms with van der Waals surface area (Å²) in [7, 11) is 0. The van der Waals surface area contributed by atoms with Gasteiger partial charge >= 0.3 is 5.97 Å². The number of nitrogens with zero attached hydrogens (tertiary/aromatic N) is 1. The molecule has 2 aromatic rings. The Labute approximate surface area is 97.5 Å². The fourth-order valence-corrected chi connectivity index (χ4v) is 1.58. The van der Waals surface area contributed by atoms with Crippen LogP contribution in [0.3, 0.4) is 0 Å². The van der Waals surface area contributed by atoms with E-state index in [4.69, 9.17) is 16.7 Å². The monoisotopic (exact) mass is 261 g/mol. The molecule has 0 aliphatic rings. The highest BCUT2D eigenvalue weighted by Gasteiger charge is 2.18. The molecule has 1 aromatic heterocycles. The molecule has 0 unspecified atom stereocenters. The van der Waals surface area contributed by atoms with Crippen molar-refractivity contribution >= 4 is 28.5 Å². The number of hydrogen-bond donors (Lipinski definition) is 1. The quantitative estimate of drug-likeness (QED) is 0.803. The van der Waals surface area contributed by atoms with E-state index in [1.807, 2.05) is 0 Å². The third-order valence-electron chi connectivity index (χ3n) is 2.11. The van der Waals surface area contributed by atoms with Crippen LogP contribution in [0.2, 0.25) is 5.02 Å². The summed E-state index contributed by atoms with van der Waals surface area (Å²) in [5.41, 5.74) is -1.17. The number of hydrogen-bond acceptors (Lipinski definition) is 2. The summed E-state index contributed by atoms with van der Waals surface area (Å²) in [6, 6.07) is 1.59. The van der Waals surface area contributed by atoms with Gasteiger partial charge in [-0.15, -0.1) is 0 Å². The Hall–Kier alpha value is -1.82. The van der Waals surface area contributed by atoms with E-state index in [1.54, 1.807) is 0 Å². The summed E-state index contributed by atoms with van der Waals surface area (Å²) < 4.78 is 39.2. The van der Waals surface area contributed by atoms with Crippen LogP contribution in [0.4, 0.5) is 13.2 Å². The van der Waals surface area contributed by atoms with Crippen LogP contribution in [0.5, 0.6) is 0 Å². The van der Waals surface area contributed by atoms with Gasteiger partial charge in [-0.3, -0.25) is 0 Å². The summed E-state index contributed by atoms with van der Waals surface area (Å²) in [4.78, 5) is 14.0. The van der Waals surface area contributed by atoms with Crippen molar-refractivity contribution in [3.05, 3.63) is 40.3 Å². The molecular formula is C10H3ClF3NO2. The van der Waals surface area contributed by atoms with Crippen LogP contribution in [-0.2, 0) is 0 Å². The molecule has 0 aliphatic carbocycles. The van der Waals surface area contributed by atoms with Crippen LogP contribution in [0.1, 0.15) is 10.5 Å². The lowest BCUT2D eigenvalue weighted by molar-refractivity contribution is 0.0691. The van der Waals surface area contributed by atoms with E-state index in [2.05, 4.69) is 4.98 Å². The number of carboxylic acid groups (broad SMARTS) is 1. The Morgan fingerprint density at radius 1 is 1.24 bits per heavy atom. The fraction of sp³-hybridized carbons (Fsp3) is 0. The first-order valence-corrected chi connectivity index (χ1v) is 4.66. The van der Waals surface area contributed by atoms with Crippen LogP contribution in [0.25, 0.3) is 10.9 Å². The van der Waals surface area contributed by atoms with Crippen LogP contribution in [-0.4, -0.2) is 16.1 Å². The minimum absolute atomic E-state index is 0.187. The number of fused-ring (bicyclic) bond motifs is 1. The molecule has 0 saturated carbocycles. The van der Waals surface area contributed by atoms with Gasteiger partial charge in [0.25, 0.3) is 0 Å². The summed E-state index contributed by atoms with van der Waals surface area (Å²) >= 11 is 5.64. The van der Waals surface area contributed by atoms with E-state index in [0.29, 0.717) is 6.07 Å². The highest BCUT2D eigenvalue weighted by molar-refractivity contribution is 6.35. The zero-order chi connectivity index (χ0) is 12.7. The molecule has 1 aromatic carbocycles. The third-order valence-corrected chi connectivity index (χ3v) is 2.42. The average Bonchev–Trinajstić information content (AvgIpc) is 2.27. The largest absolute Gasteiger partial charge is 0.477 e. The van der Waals surface area contributed by atoms with Gasteiger partial charge in [-0.05, 0) is 12.1 Å². The van der Waals surface area contributed by atoms with Gasteiger partial charge in [0, 0.05) is 5.39 Å². The number of aromatic carboxylic acids is 1.